The fourth-order valence-electron chi connectivity index (χ4n) is 4.64. The first-order valence-corrected chi connectivity index (χ1v) is 10.5. The Morgan fingerprint density at radius 1 is 0.867 bits per heavy atom. The largest absolute Gasteiger partial charge is 0.322 e. The van der Waals surface area contributed by atoms with Crippen molar-refractivity contribution >= 4 is 17.5 Å². The molecular formula is C26H24N2O2. The molecule has 5 rings (SSSR count). The van der Waals surface area contributed by atoms with Gasteiger partial charge in [0.2, 0.25) is 5.91 Å². The number of anilines is 1. The molecule has 150 valence electrons. The Kier molecular flexibility index (Phi) is 4.83. The number of rotatable bonds is 4. The van der Waals surface area contributed by atoms with Crippen LogP contribution in [-0.4, -0.2) is 29.3 Å². The molecule has 2 heterocycles. The van der Waals surface area contributed by atoms with Crippen molar-refractivity contribution in [1.82, 2.24) is 4.90 Å². The van der Waals surface area contributed by atoms with E-state index in [4.69, 9.17) is 0 Å². The predicted molar refractivity (Wildman–Crippen MR) is 117 cm³/mol. The highest BCUT2D eigenvalue weighted by atomic mass is 16.2. The summed E-state index contributed by atoms with van der Waals surface area (Å²) in [6.07, 6.45) is 2.43. The third kappa shape index (κ3) is 3.28. The lowest BCUT2D eigenvalue weighted by Gasteiger charge is -2.35. The van der Waals surface area contributed by atoms with Crippen molar-refractivity contribution in [2.75, 3.05) is 11.4 Å². The van der Waals surface area contributed by atoms with E-state index in [-0.39, 0.29) is 11.8 Å². The van der Waals surface area contributed by atoms with Crippen LogP contribution in [0.15, 0.2) is 78.9 Å². The summed E-state index contributed by atoms with van der Waals surface area (Å²) >= 11 is 0. The Bertz CT molecular complexity index is 1090. The molecule has 2 amide bonds. The van der Waals surface area contributed by atoms with E-state index in [1.54, 1.807) is 4.90 Å². The molecular weight excluding hydrogens is 372 g/mol. The Morgan fingerprint density at radius 3 is 2.37 bits per heavy atom. The van der Waals surface area contributed by atoms with Crippen molar-refractivity contribution in [2.24, 2.45) is 0 Å². The van der Waals surface area contributed by atoms with E-state index in [9.17, 15) is 9.59 Å². The molecule has 1 atom stereocenters. The van der Waals surface area contributed by atoms with Gasteiger partial charge in [0.15, 0.2) is 0 Å². The SMILES string of the molecule is O=C(C(Cc1ccccc1)N1Cc2ccccc2C1=O)N1CCCc2ccccc21. The summed E-state index contributed by atoms with van der Waals surface area (Å²) in [4.78, 5) is 30.8. The van der Waals surface area contributed by atoms with Crippen molar-refractivity contribution in [3.05, 3.63) is 101 Å². The smallest absolute Gasteiger partial charge is 0.255 e. The third-order valence-corrected chi connectivity index (χ3v) is 6.16. The molecule has 2 aliphatic heterocycles. The average molecular weight is 396 g/mol. The maximum absolute atomic E-state index is 13.9. The highest BCUT2D eigenvalue weighted by Gasteiger charge is 2.39. The first-order chi connectivity index (χ1) is 14.7. The van der Waals surface area contributed by atoms with Gasteiger partial charge in [0.1, 0.15) is 6.04 Å². The number of nitrogens with zero attached hydrogens (tertiary/aromatic N) is 2. The van der Waals surface area contributed by atoms with Crippen LogP contribution < -0.4 is 4.90 Å². The molecule has 0 saturated carbocycles. The first kappa shape index (κ1) is 18.6. The zero-order valence-corrected chi connectivity index (χ0v) is 16.8. The van der Waals surface area contributed by atoms with Gasteiger partial charge in [-0.2, -0.15) is 0 Å². The molecule has 0 aromatic heterocycles. The molecule has 4 heteroatoms. The lowest BCUT2D eigenvalue weighted by atomic mass is 9.98. The van der Waals surface area contributed by atoms with Crippen LogP contribution in [0.4, 0.5) is 5.69 Å². The van der Waals surface area contributed by atoms with Crippen molar-refractivity contribution in [1.29, 1.82) is 0 Å². The molecule has 0 saturated heterocycles. The highest BCUT2D eigenvalue weighted by Crippen LogP contribution is 2.31. The average Bonchev–Trinajstić information content (AvgIpc) is 3.14. The van der Waals surface area contributed by atoms with E-state index in [2.05, 4.69) is 6.07 Å². The number of para-hydroxylation sites is 1. The number of fused-ring (bicyclic) bond motifs is 2. The predicted octanol–water partition coefficient (Wildman–Crippen LogP) is 4.23. The summed E-state index contributed by atoms with van der Waals surface area (Å²) in [5.41, 5.74) is 4.95. The highest BCUT2D eigenvalue weighted by molar-refractivity contribution is 6.05. The van der Waals surface area contributed by atoms with Gasteiger partial charge in [0.25, 0.3) is 5.91 Å². The van der Waals surface area contributed by atoms with E-state index in [0.717, 1.165) is 29.7 Å². The molecule has 2 aliphatic rings. The van der Waals surface area contributed by atoms with E-state index >= 15 is 0 Å². The molecule has 0 bridgehead atoms. The second-order valence-electron chi connectivity index (χ2n) is 8.02. The first-order valence-electron chi connectivity index (χ1n) is 10.5. The summed E-state index contributed by atoms with van der Waals surface area (Å²) in [5.74, 6) is -0.0441. The minimum Gasteiger partial charge on any atom is -0.322 e. The van der Waals surface area contributed by atoms with Crippen LogP contribution >= 0.6 is 0 Å². The molecule has 0 fully saturated rings. The van der Waals surface area contributed by atoms with Gasteiger partial charge in [0.05, 0.1) is 0 Å². The zero-order valence-electron chi connectivity index (χ0n) is 16.8. The molecule has 0 N–H and O–H groups in total. The van der Waals surface area contributed by atoms with E-state index in [1.807, 2.05) is 77.7 Å². The molecule has 0 spiro atoms. The van der Waals surface area contributed by atoms with Crippen molar-refractivity contribution < 1.29 is 9.59 Å². The van der Waals surface area contributed by atoms with Gasteiger partial charge in [-0.25, -0.2) is 0 Å². The molecule has 1 unspecified atom stereocenters. The van der Waals surface area contributed by atoms with Crippen LogP contribution in [0.1, 0.15) is 33.5 Å². The standard InChI is InChI=1S/C26H24N2O2/c29-25-22-14-6-4-12-21(22)18-28(25)24(17-19-9-2-1-3-10-19)26(30)27-16-8-13-20-11-5-7-15-23(20)27/h1-7,9-12,14-15,24H,8,13,16-18H2. The zero-order chi connectivity index (χ0) is 20.5. The van der Waals surface area contributed by atoms with Crippen LogP contribution in [-0.2, 0) is 24.2 Å². The molecule has 3 aromatic rings. The Morgan fingerprint density at radius 2 is 1.57 bits per heavy atom. The summed E-state index contributed by atoms with van der Waals surface area (Å²) in [6.45, 7) is 1.17. The number of amides is 2. The van der Waals surface area contributed by atoms with Crippen molar-refractivity contribution in [3.63, 3.8) is 0 Å². The van der Waals surface area contributed by atoms with E-state index < -0.39 is 6.04 Å². The number of carbonyl (C=O) groups is 2. The lowest BCUT2D eigenvalue weighted by molar-refractivity contribution is -0.123. The maximum atomic E-state index is 13.9. The van der Waals surface area contributed by atoms with Gasteiger partial charge in [-0.15, -0.1) is 0 Å². The topological polar surface area (TPSA) is 40.6 Å². The van der Waals surface area contributed by atoms with Gasteiger partial charge >= 0.3 is 0 Å². The lowest BCUT2D eigenvalue weighted by Crippen LogP contribution is -2.51. The molecule has 30 heavy (non-hydrogen) atoms. The molecule has 0 radical (unpaired) electrons. The minimum atomic E-state index is -0.529. The minimum absolute atomic E-state index is 0.00663. The van der Waals surface area contributed by atoms with Crippen LogP contribution in [0.3, 0.4) is 0 Å². The van der Waals surface area contributed by atoms with Crippen LogP contribution in [0.2, 0.25) is 0 Å². The Hall–Kier alpha value is -3.40. The number of carbonyl (C=O) groups excluding carboxylic acids is 2. The fraction of sp³-hybridized carbons (Fsp3) is 0.231. The van der Waals surface area contributed by atoms with Gasteiger partial charge in [-0.1, -0.05) is 66.7 Å². The van der Waals surface area contributed by atoms with Crippen molar-refractivity contribution in [2.45, 2.75) is 31.8 Å². The number of aryl methyl sites for hydroxylation is 1. The monoisotopic (exact) mass is 396 g/mol. The summed E-state index contributed by atoms with van der Waals surface area (Å²) in [5, 5.41) is 0. The molecule has 4 nitrogen and oxygen atoms in total. The summed E-state index contributed by atoms with van der Waals surface area (Å²) < 4.78 is 0. The Labute approximate surface area is 176 Å². The fourth-order valence-corrected chi connectivity index (χ4v) is 4.64. The van der Waals surface area contributed by atoms with E-state index in [1.165, 1.54) is 5.56 Å². The quantitative estimate of drug-likeness (QED) is 0.662. The summed E-state index contributed by atoms with van der Waals surface area (Å²) in [6, 6.07) is 25.2. The van der Waals surface area contributed by atoms with Gasteiger partial charge in [0, 0.05) is 30.8 Å². The third-order valence-electron chi connectivity index (χ3n) is 6.16. The number of hydrogen-bond acceptors (Lipinski definition) is 2. The van der Waals surface area contributed by atoms with E-state index in [0.29, 0.717) is 25.1 Å². The van der Waals surface area contributed by atoms with Gasteiger partial charge in [-0.3, -0.25) is 9.59 Å². The molecule has 0 aliphatic carbocycles. The van der Waals surface area contributed by atoms with Crippen molar-refractivity contribution in [3.8, 4) is 0 Å². The second-order valence-corrected chi connectivity index (χ2v) is 8.02. The molecule has 3 aromatic carbocycles. The number of benzene rings is 3. The second kappa shape index (κ2) is 7.79. The maximum Gasteiger partial charge on any atom is 0.255 e. The summed E-state index contributed by atoms with van der Waals surface area (Å²) in [7, 11) is 0. The normalized spacial score (nSPS) is 16.2. The van der Waals surface area contributed by atoms with Crippen LogP contribution in [0.25, 0.3) is 0 Å². The Balaban J connectivity index is 1.51. The van der Waals surface area contributed by atoms with Gasteiger partial charge in [-0.05, 0) is 41.7 Å². The van der Waals surface area contributed by atoms with Gasteiger partial charge < -0.3 is 9.80 Å². The number of hydrogen-bond donors (Lipinski definition) is 0. The van der Waals surface area contributed by atoms with Crippen LogP contribution in [0.5, 0.6) is 0 Å². The van der Waals surface area contributed by atoms with Crippen LogP contribution in [0, 0.1) is 0 Å².